The van der Waals surface area contributed by atoms with Gasteiger partial charge in [0.05, 0.1) is 12.9 Å². The van der Waals surface area contributed by atoms with Crippen LogP contribution < -0.4 is 17.0 Å². The van der Waals surface area contributed by atoms with Gasteiger partial charge in [-0.15, -0.1) is 0 Å². The molecule has 5 rings (SSSR count). The van der Waals surface area contributed by atoms with Crippen molar-refractivity contribution in [3.63, 3.8) is 0 Å². The van der Waals surface area contributed by atoms with Crippen molar-refractivity contribution in [3.8, 4) is 0 Å². The number of nitrogens with zero attached hydrogens (tertiary/aromatic N) is 5. The summed E-state index contributed by atoms with van der Waals surface area (Å²) in [5, 5.41) is 10.8. The van der Waals surface area contributed by atoms with E-state index in [1.54, 1.807) is 0 Å². The molecule has 0 spiro atoms. The topological polar surface area (TPSA) is 247 Å². The van der Waals surface area contributed by atoms with Crippen molar-refractivity contribution in [2.45, 2.75) is 49.1 Å². The van der Waals surface area contributed by atoms with E-state index in [1.165, 1.54) is 37.6 Å². The Morgan fingerprint density at radius 2 is 1.82 bits per heavy atom. The average molecular weight is 696 g/mol. The second kappa shape index (κ2) is 13.6. The zero-order valence-electron chi connectivity index (χ0n) is 22.8. The Hall–Kier alpha value is -2.23. The van der Waals surface area contributed by atoms with Gasteiger partial charge in [0.1, 0.15) is 55.1 Å². The molecule has 0 aliphatic carbocycles. The van der Waals surface area contributed by atoms with Gasteiger partial charge in [-0.25, -0.2) is 19.7 Å². The summed E-state index contributed by atoms with van der Waals surface area (Å²) >= 11 is 9.90. The highest BCUT2D eigenvalue weighted by Crippen LogP contribution is 2.50. The zero-order valence-corrected chi connectivity index (χ0v) is 26.3. The van der Waals surface area contributed by atoms with E-state index in [-0.39, 0.29) is 12.4 Å². The van der Waals surface area contributed by atoms with Crippen LogP contribution in [0, 0.1) is 0 Å². The largest absolute Gasteiger partial charge is 0.408 e. The molecule has 3 aromatic rings. The first-order valence-corrected chi connectivity index (χ1v) is 17.4. The lowest BCUT2D eigenvalue weighted by Crippen LogP contribution is -2.39. The fraction of sp³-hybridized carbons (Fsp3) is 0.571. The Bertz CT molecular complexity index is 1680. The van der Waals surface area contributed by atoms with Crippen LogP contribution in [-0.2, 0) is 61.1 Å². The predicted molar refractivity (Wildman–Crippen MR) is 155 cm³/mol. The number of aliphatic hydroxyl groups is 1. The number of imidazole rings is 1. The van der Waals surface area contributed by atoms with E-state index in [0.717, 1.165) is 10.6 Å². The molecule has 0 radical (unpaired) electrons. The first-order valence-electron chi connectivity index (χ1n) is 12.7. The highest BCUT2D eigenvalue weighted by molar-refractivity contribution is 8.25. The number of H-pyrrole nitrogens is 1. The van der Waals surface area contributed by atoms with Crippen molar-refractivity contribution in [1.29, 1.82) is 0 Å². The van der Waals surface area contributed by atoms with Crippen LogP contribution in [0.5, 0.6) is 0 Å². The zero-order chi connectivity index (χ0) is 31.8. The van der Waals surface area contributed by atoms with Gasteiger partial charge < -0.3 is 51.5 Å². The summed E-state index contributed by atoms with van der Waals surface area (Å²) in [6.07, 6.45) is -4.94. The maximum Gasteiger partial charge on any atom is 0.372 e. The van der Waals surface area contributed by atoms with Crippen LogP contribution in [0.15, 0.2) is 34.5 Å². The van der Waals surface area contributed by atoms with Crippen molar-refractivity contribution >= 4 is 55.0 Å². The van der Waals surface area contributed by atoms with Gasteiger partial charge in [-0.3, -0.25) is 23.4 Å². The molecular weight excluding hydrogens is 668 g/mol. The Labute approximate surface area is 258 Å². The van der Waals surface area contributed by atoms with Crippen LogP contribution in [0.2, 0.25) is 0 Å². The van der Waals surface area contributed by atoms with E-state index in [2.05, 4.69) is 32.2 Å². The number of hydrogen-bond donors (Lipinski definition) is 4. The number of fused-ring (bicyclic) bond motifs is 1. The predicted octanol–water partition coefficient (Wildman–Crippen LogP) is -1.02. The average Bonchev–Trinajstić information content (AvgIpc) is 3.64. The number of anilines is 1. The number of rotatable bonds is 12. The van der Waals surface area contributed by atoms with Crippen molar-refractivity contribution in [2.24, 2.45) is 0 Å². The summed E-state index contributed by atoms with van der Waals surface area (Å²) in [7, 11) is 0.224. The van der Waals surface area contributed by atoms with Crippen molar-refractivity contribution < 1.29 is 47.1 Å². The maximum atomic E-state index is 12.3. The molecule has 0 bridgehead atoms. The number of aromatic amines is 1. The molecule has 3 aromatic heterocycles. The molecule has 10 unspecified atom stereocenters. The summed E-state index contributed by atoms with van der Waals surface area (Å²) in [6, 6.07) is 1.11. The molecule has 2 fully saturated rings. The van der Waals surface area contributed by atoms with Crippen molar-refractivity contribution in [3.05, 3.63) is 45.8 Å². The fourth-order valence-corrected chi connectivity index (χ4v) is 6.84. The van der Waals surface area contributed by atoms with Crippen LogP contribution in [-0.4, -0.2) is 103 Å². The monoisotopic (exact) mass is 695 g/mol. The maximum absolute atomic E-state index is 12.3. The van der Waals surface area contributed by atoms with Gasteiger partial charge in [-0.05, 0) is 11.8 Å². The fourth-order valence-electron chi connectivity index (χ4n) is 4.95. The quantitative estimate of drug-likeness (QED) is 0.131. The molecule has 240 valence electrons. The highest BCUT2D eigenvalue weighted by atomic mass is 32.7. The molecule has 10 atom stereocenters. The standard InChI is InChI=1S/C21H27N7O12P2S2/c1-34-15-13(30)9(38-19(15)27-4-3-11(29)26-21(27)31)6-37-42(33,44)40-14-10(5-36-41(32)43)39-20(16(14)35-2)28-8-25-12-17(22)23-7-24-18(12)28/h3-4,7-10,13-16,19-20,30H,5-6H2,1-2H3,(H,33,44)(H2,22,23,24)(H,26,29,31). The van der Waals surface area contributed by atoms with Gasteiger partial charge in [-0.1, -0.05) is 4.57 Å². The summed E-state index contributed by atoms with van der Waals surface area (Å²) in [5.74, 6) is 0.135. The Balaban J connectivity index is 1.33. The second-order valence-corrected chi connectivity index (χ2v) is 13.9. The molecule has 2 aliphatic heterocycles. The summed E-state index contributed by atoms with van der Waals surface area (Å²) in [5.41, 5.74) is 5.12. The highest BCUT2D eigenvalue weighted by Gasteiger charge is 2.51. The Kier molecular flexibility index (Phi) is 10.3. The molecule has 0 saturated carbocycles. The molecule has 23 heteroatoms. The van der Waals surface area contributed by atoms with E-state index in [1.807, 2.05) is 0 Å². The first kappa shape index (κ1) is 33.1. The van der Waals surface area contributed by atoms with Gasteiger partial charge >= 0.3 is 19.6 Å². The molecule has 5 N–H and O–H groups in total. The number of hydrogen-bond acceptors (Lipinski definition) is 17. The minimum Gasteiger partial charge on any atom is -0.408 e. The van der Waals surface area contributed by atoms with Crippen LogP contribution >= 0.6 is 13.9 Å². The lowest BCUT2D eigenvalue weighted by atomic mass is 10.1. The van der Waals surface area contributed by atoms with E-state index in [4.69, 9.17) is 50.1 Å². The number of nitrogen functional groups attached to an aromatic ring is 1. The van der Waals surface area contributed by atoms with E-state index in [9.17, 15) is 24.2 Å². The normalized spacial score (nSPS) is 30.5. The minimum atomic E-state index is -4.15. The molecule has 44 heavy (non-hydrogen) atoms. The molecule has 0 amide bonds. The minimum absolute atomic E-state index is 0.135. The number of nitrogens with two attached hydrogens (primary N) is 1. The third kappa shape index (κ3) is 6.80. The second-order valence-electron chi connectivity index (χ2n) is 9.48. The van der Waals surface area contributed by atoms with Gasteiger partial charge in [0, 0.05) is 26.5 Å². The number of nitrogens with one attached hydrogen (secondary N) is 1. The number of ether oxygens (including phenoxy) is 4. The number of aromatic nitrogens is 6. The lowest BCUT2D eigenvalue weighted by molar-refractivity contribution is -0.0634. The first-order chi connectivity index (χ1) is 20.9. The molecule has 2 saturated heterocycles. The van der Waals surface area contributed by atoms with E-state index < -0.39 is 80.9 Å². The Morgan fingerprint density at radius 1 is 1.11 bits per heavy atom. The van der Waals surface area contributed by atoms with Crippen LogP contribution in [0.25, 0.3) is 11.2 Å². The third-order valence-corrected chi connectivity index (χ3v) is 9.17. The lowest BCUT2D eigenvalue weighted by Gasteiger charge is -2.27. The number of aliphatic hydroxyl groups excluding tert-OH is 1. The molecular formula is C21H27N7O12P2S2. The van der Waals surface area contributed by atoms with Gasteiger partial charge in [0.2, 0.25) is 0 Å². The van der Waals surface area contributed by atoms with Crippen LogP contribution in [0.1, 0.15) is 12.5 Å². The smallest absolute Gasteiger partial charge is 0.372 e. The van der Waals surface area contributed by atoms with Gasteiger partial charge in [0.25, 0.3) is 5.56 Å². The summed E-state index contributed by atoms with van der Waals surface area (Å²) in [6.45, 7) is -4.96. The molecule has 0 aromatic carbocycles. The molecule has 5 heterocycles. The Morgan fingerprint density at radius 3 is 2.50 bits per heavy atom. The summed E-state index contributed by atoms with van der Waals surface area (Å²) in [4.78, 5) is 49.3. The molecule has 19 nitrogen and oxygen atoms in total. The third-order valence-electron chi connectivity index (χ3n) is 6.93. The van der Waals surface area contributed by atoms with Crippen molar-refractivity contribution in [1.82, 2.24) is 29.1 Å². The van der Waals surface area contributed by atoms with Gasteiger partial charge in [0.15, 0.2) is 23.9 Å². The SMILES string of the molecule is COC1C(O)C(COP(O)(=S)OC2C(CO[P+](=O)[S-])OC(n3cnc4c(N)ncnc43)C2OC)OC1n1ccc(=O)[nH]c1=O. The van der Waals surface area contributed by atoms with Crippen LogP contribution in [0.4, 0.5) is 5.82 Å². The van der Waals surface area contributed by atoms with E-state index in [0.29, 0.717) is 11.2 Å². The van der Waals surface area contributed by atoms with Gasteiger partial charge in [-0.2, -0.15) is 4.52 Å². The van der Waals surface area contributed by atoms with Crippen LogP contribution in [0.3, 0.4) is 0 Å². The van der Waals surface area contributed by atoms with E-state index >= 15 is 0 Å². The number of methoxy groups -OCH3 is 2. The van der Waals surface area contributed by atoms with Crippen molar-refractivity contribution in [2.75, 3.05) is 33.2 Å². The molecule has 2 aliphatic rings. The summed E-state index contributed by atoms with van der Waals surface area (Å²) < 4.78 is 53.5.